The maximum atomic E-state index is 13.1. The minimum absolute atomic E-state index is 0.267. The van der Waals surface area contributed by atoms with Gasteiger partial charge in [-0.1, -0.05) is 44.2 Å². The van der Waals surface area contributed by atoms with E-state index in [1.54, 1.807) is 6.33 Å². The molecule has 0 unspecified atom stereocenters. The summed E-state index contributed by atoms with van der Waals surface area (Å²) >= 11 is 0. The van der Waals surface area contributed by atoms with Crippen LogP contribution in [0.1, 0.15) is 41.8 Å². The number of alkyl halides is 3. The van der Waals surface area contributed by atoms with E-state index >= 15 is 0 Å². The second-order valence-corrected chi connectivity index (χ2v) is 9.36. The van der Waals surface area contributed by atoms with Gasteiger partial charge < -0.3 is 9.88 Å². The number of aryl methyl sites for hydroxylation is 2. The fraction of sp³-hybridized carbons (Fsp3) is 0.286. The van der Waals surface area contributed by atoms with Gasteiger partial charge in [-0.15, -0.1) is 0 Å². The summed E-state index contributed by atoms with van der Waals surface area (Å²) in [6, 6.07) is 12.4. The molecule has 1 N–H and O–H groups in total. The summed E-state index contributed by atoms with van der Waals surface area (Å²) in [7, 11) is 0. The normalized spacial score (nSPS) is 13.8. The molecule has 3 aromatic heterocycles. The van der Waals surface area contributed by atoms with Gasteiger partial charge in [0.2, 0.25) is 5.95 Å². The number of benzene rings is 2. The van der Waals surface area contributed by atoms with Crippen LogP contribution in [0, 0.1) is 0 Å². The first-order chi connectivity index (χ1) is 18.4. The monoisotopic (exact) mass is 517 g/mol. The second-order valence-electron chi connectivity index (χ2n) is 9.36. The van der Waals surface area contributed by atoms with Crippen molar-refractivity contribution in [2.24, 2.45) is 0 Å². The molecule has 0 atom stereocenters. The SMILES string of the molecule is CCc1cccc(CC)c1-n1nc2c(c1-c1cccc3[nH]cnc13)CN(c1ncc(C(F)(F)F)cn1)CC2. The van der Waals surface area contributed by atoms with Crippen molar-refractivity contribution in [3.63, 3.8) is 0 Å². The Bertz CT molecular complexity index is 1590. The van der Waals surface area contributed by atoms with Crippen LogP contribution in [0.5, 0.6) is 0 Å². The molecular weight excluding hydrogens is 491 g/mol. The van der Waals surface area contributed by atoms with Crippen molar-refractivity contribution in [1.82, 2.24) is 29.7 Å². The molecule has 1 aliphatic heterocycles. The van der Waals surface area contributed by atoms with Crippen molar-refractivity contribution in [2.45, 2.75) is 45.8 Å². The molecule has 5 aromatic rings. The molecule has 194 valence electrons. The number of hydrogen-bond donors (Lipinski definition) is 1. The highest BCUT2D eigenvalue weighted by atomic mass is 19.4. The zero-order valence-electron chi connectivity index (χ0n) is 21.0. The number of nitrogens with zero attached hydrogens (tertiary/aromatic N) is 6. The van der Waals surface area contributed by atoms with Gasteiger partial charge in [0.25, 0.3) is 0 Å². The number of hydrogen-bond acceptors (Lipinski definition) is 5. The number of imidazole rings is 1. The van der Waals surface area contributed by atoms with Crippen LogP contribution in [-0.2, 0) is 32.0 Å². The molecule has 1 aliphatic rings. The number of para-hydroxylation sites is 2. The first-order valence-corrected chi connectivity index (χ1v) is 12.7. The zero-order valence-corrected chi connectivity index (χ0v) is 21.0. The maximum absolute atomic E-state index is 13.1. The summed E-state index contributed by atoms with van der Waals surface area (Å²) in [4.78, 5) is 17.8. The van der Waals surface area contributed by atoms with Crippen LogP contribution in [-0.4, -0.2) is 36.3 Å². The Morgan fingerprint density at radius 1 is 0.947 bits per heavy atom. The van der Waals surface area contributed by atoms with Gasteiger partial charge >= 0.3 is 6.18 Å². The number of nitrogens with one attached hydrogen (secondary N) is 1. The van der Waals surface area contributed by atoms with Gasteiger partial charge in [-0.3, -0.25) is 0 Å². The molecule has 0 aliphatic carbocycles. The Balaban J connectivity index is 1.53. The molecule has 0 bridgehead atoms. The largest absolute Gasteiger partial charge is 0.419 e. The summed E-state index contributed by atoms with van der Waals surface area (Å²) in [5.74, 6) is 0.267. The van der Waals surface area contributed by atoms with Crippen LogP contribution in [0.3, 0.4) is 0 Å². The average molecular weight is 518 g/mol. The molecule has 0 saturated carbocycles. The fourth-order valence-corrected chi connectivity index (χ4v) is 5.26. The number of aromatic nitrogens is 6. The Labute approximate surface area is 217 Å². The van der Waals surface area contributed by atoms with E-state index in [0.717, 1.165) is 64.5 Å². The number of anilines is 1. The van der Waals surface area contributed by atoms with E-state index < -0.39 is 11.7 Å². The molecule has 0 spiro atoms. The van der Waals surface area contributed by atoms with Crippen molar-refractivity contribution in [2.75, 3.05) is 11.4 Å². The lowest BCUT2D eigenvalue weighted by Crippen LogP contribution is -2.31. The number of H-pyrrole nitrogens is 1. The molecule has 6 rings (SSSR count). The zero-order chi connectivity index (χ0) is 26.4. The van der Waals surface area contributed by atoms with Crippen LogP contribution >= 0.6 is 0 Å². The molecule has 10 heteroatoms. The minimum atomic E-state index is -4.48. The average Bonchev–Trinajstić information content (AvgIpc) is 3.56. The summed E-state index contributed by atoms with van der Waals surface area (Å²) in [5.41, 5.74) is 8.21. The van der Waals surface area contributed by atoms with Gasteiger partial charge in [0.1, 0.15) is 0 Å². The van der Waals surface area contributed by atoms with Gasteiger partial charge in [-0.2, -0.15) is 18.3 Å². The van der Waals surface area contributed by atoms with E-state index in [0.29, 0.717) is 19.5 Å². The standard InChI is InChI=1S/C28H26F3N7/c1-3-17-7-5-8-18(4-2)25(17)38-26(20-9-6-10-23-24(20)35-16-34-23)21-15-37(12-11-22(21)36-38)27-32-13-19(14-33-27)28(29,30)31/h5-10,13-14,16H,3-4,11-12,15H2,1-2H3,(H,34,35). The van der Waals surface area contributed by atoms with E-state index in [2.05, 4.69) is 56.7 Å². The topological polar surface area (TPSA) is 75.5 Å². The van der Waals surface area contributed by atoms with Crippen molar-refractivity contribution >= 4 is 17.0 Å². The van der Waals surface area contributed by atoms with Gasteiger partial charge in [0, 0.05) is 43.0 Å². The highest BCUT2D eigenvalue weighted by molar-refractivity contribution is 5.92. The predicted octanol–water partition coefficient (Wildman–Crippen LogP) is 5.91. The fourth-order valence-electron chi connectivity index (χ4n) is 5.26. The molecular formula is C28H26F3N7. The molecule has 0 amide bonds. The molecule has 0 fully saturated rings. The van der Waals surface area contributed by atoms with E-state index in [1.807, 2.05) is 23.1 Å². The number of fused-ring (bicyclic) bond motifs is 2. The molecule has 4 heterocycles. The minimum Gasteiger partial charge on any atom is -0.345 e. The van der Waals surface area contributed by atoms with E-state index in [1.165, 1.54) is 11.1 Å². The third-order valence-electron chi connectivity index (χ3n) is 7.16. The summed E-state index contributed by atoms with van der Waals surface area (Å²) in [6.45, 7) is 5.25. The maximum Gasteiger partial charge on any atom is 0.419 e. The summed E-state index contributed by atoms with van der Waals surface area (Å²) in [6.07, 6.45) is 1.22. The van der Waals surface area contributed by atoms with Crippen molar-refractivity contribution in [1.29, 1.82) is 0 Å². The van der Waals surface area contributed by atoms with Gasteiger partial charge in [0.15, 0.2) is 0 Å². The van der Waals surface area contributed by atoms with Gasteiger partial charge in [-0.05, 0) is 30.0 Å². The van der Waals surface area contributed by atoms with Crippen LogP contribution < -0.4 is 4.90 Å². The van der Waals surface area contributed by atoms with Crippen molar-refractivity contribution in [3.8, 4) is 16.9 Å². The first kappa shape index (κ1) is 24.1. The number of rotatable bonds is 5. The number of aromatic amines is 1. The van der Waals surface area contributed by atoms with E-state index in [-0.39, 0.29) is 5.95 Å². The smallest absolute Gasteiger partial charge is 0.345 e. The lowest BCUT2D eigenvalue weighted by Gasteiger charge is -2.27. The van der Waals surface area contributed by atoms with E-state index in [9.17, 15) is 13.2 Å². The van der Waals surface area contributed by atoms with Gasteiger partial charge in [0.05, 0.1) is 40.0 Å². The van der Waals surface area contributed by atoms with E-state index in [4.69, 9.17) is 5.10 Å². The van der Waals surface area contributed by atoms with Crippen LogP contribution in [0.25, 0.3) is 28.0 Å². The lowest BCUT2D eigenvalue weighted by molar-refractivity contribution is -0.138. The quantitative estimate of drug-likeness (QED) is 0.314. The number of halogens is 3. The van der Waals surface area contributed by atoms with Crippen molar-refractivity contribution < 1.29 is 13.2 Å². The summed E-state index contributed by atoms with van der Waals surface area (Å²) in [5, 5.41) is 5.14. The third-order valence-corrected chi connectivity index (χ3v) is 7.16. The van der Waals surface area contributed by atoms with Crippen molar-refractivity contribution in [3.05, 3.63) is 83.1 Å². The third kappa shape index (κ3) is 4.00. The molecule has 7 nitrogen and oxygen atoms in total. The highest BCUT2D eigenvalue weighted by Crippen LogP contribution is 2.38. The second kappa shape index (κ2) is 9.27. The Hall–Kier alpha value is -4.21. The predicted molar refractivity (Wildman–Crippen MR) is 139 cm³/mol. The Kier molecular flexibility index (Phi) is 5.89. The lowest BCUT2D eigenvalue weighted by atomic mass is 9.98. The molecule has 38 heavy (non-hydrogen) atoms. The first-order valence-electron chi connectivity index (χ1n) is 12.7. The Morgan fingerprint density at radius 3 is 2.34 bits per heavy atom. The molecule has 2 aromatic carbocycles. The molecule has 0 saturated heterocycles. The summed E-state index contributed by atoms with van der Waals surface area (Å²) < 4.78 is 41.3. The molecule has 0 radical (unpaired) electrons. The van der Waals surface area contributed by atoms with Crippen LogP contribution in [0.15, 0.2) is 55.1 Å². The highest BCUT2D eigenvalue weighted by Gasteiger charge is 2.33. The Morgan fingerprint density at radius 2 is 1.66 bits per heavy atom. The van der Waals surface area contributed by atoms with Crippen LogP contribution in [0.4, 0.5) is 19.1 Å². The van der Waals surface area contributed by atoms with Gasteiger partial charge in [-0.25, -0.2) is 19.6 Å². The van der Waals surface area contributed by atoms with Crippen LogP contribution in [0.2, 0.25) is 0 Å².